The molecule has 3 aromatic rings. The van der Waals surface area contributed by atoms with Gasteiger partial charge in [-0.1, -0.05) is 0 Å². The highest BCUT2D eigenvalue weighted by Gasteiger charge is 2.18. The number of rotatable bonds is 4. The molecular formula is C21H16F2N4O7. The number of nitrogens with one attached hydrogen (secondary N) is 1. The summed E-state index contributed by atoms with van der Waals surface area (Å²) in [5.41, 5.74) is 4.49. The lowest BCUT2D eigenvalue weighted by molar-refractivity contribution is -0.387. The molecule has 0 unspecified atom stereocenters. The van der Waals surface area contributed by atoms with E-state index >= 15 is 0 Å². The Morgan fingerprint density at radius 3 is 2.06 bits per heavy atom. The van der Waals surface area contributed by atoms with Gasteiger partial charge in [0.1, 0.15) is 13.2 Å². The summed E-state index contributed by atoms with van der Waals surface area (Å²) in [5, 5.41) is 23.3. The van der Waals surface area contributed by atoms with E-state index in [0.717, 1.165) is 24.3 Å². The monoisotopic (exact) mass is 474 g/mol. The van der Waals surface area contributed by atoms with Crippen molar-refractivity contribution >= 4 is 28.7 Å². The van der Waals surface area contributed by atoms with Crippen LogP contribution < -0.4 is 20.5 Å². The molecule has 0 aromatic heterocycles. The third-order valence-electron chi connectivity index (χ3n) is 4.37. The van der Waals surface area contributed by atoms with Gasteiger partial charge in [-0.3, -0.25) is 25.0 Å². The number of carbonyl (C=O) groups is 1. The maximum atomic E-state index is 13.3. The Balaban J connectivity index is 0.000000248. The first-order valence-electron chi connectivity index (χ1n) is 9.50. The molecule has 176 valence electrons. The largest absolute Gasteiger partial charge is 0.486 e. The lowest BCUT2D eigenvalue weighted by Gasteiger charge is -2.18. The van der Waals surface area contributed by atoms with Gasteiger partial charge in [0.15, 0.2) is 11.5 Å². The molecule has 0 spiro atoms. The summed E-state index contributed by atoms with van der Waals surface area (Å²) in [7, 11) is 0. The number of anilines is 2. The maximum absolute atomic E-state index is 13.3. The number of hydrogen-bond acceptors (Lipinski definition) is 8. The second-order valence-corrected chi connectivity index (χ2v) is 6.70. The number of halogens is 2. The molecule has 0 saturated heterocycles. The lowest BCUT2D eigenvalue weighted by atomic mass is 10.1. The van der Waals surface area contributed by atoms with E-state index in [1.54, 1.807) is 12.1 Å². The minimum absolute atomic E-state index is 0.123. The molecule has 4 rings (SSSR count). The number of amides is 1. The number of ether oxygens (including phenoxy) is 2. The van der Waals surface area contributed by atoms with Crippen LogP contribution in [-0.4, -0.2) is 29.0 Å². The van der Waals surface area contributed by atoms with Crippen molar-refractivity contribution in [1.82, 2.24) is 0 Å². The molecule has 1 aliphatic heterocycles. The van der Waals surface area contributed by atoms with Gasteiger partial charge in [-0.05, 0) is 42.5 Å². The second kappa shape index (κ2) is 10.2. The highest BCUT2D eigenvalue weighted by Crippen LogP contribution is 2.31. The summed E-state index contributed by atoms with van der Waals surface area (Å²) in [6.45, 7) is 0.833. The molecule has 1 aliphatic rings. The van der Waals surface area contributed by atoms with Crippen LogP contribution >= 0.6 is 0 Å². The summed E-state index contributed by atoms with van der Waals surface area (Å²) < 4.78 is 36.6. The minimum Gasteiger partial charge on any atom is -0.486 e. The maximum Gasteiger partial charge on any atom is 0.306 e. The van der Waals surface area contributed by atoms with E-state index in [4.69, 9.17) is 15.2 Å². The molecule has 11 nitrogen and oxygen atoms in total. The van der Waals surface area contributed by atoms with Gasteiger partial charge in [-0.15, -0.1) is 0 Å². The number of nitrogens with two attached hydrogens (primary N) is 1. The van der Waals surface area contributed by atoms with Gasteiger partial charge >= 0.3 is 11.4 Å². The van der Waals surface area contributed by atoms with Crippen molar-refractivity contribution in [2.24, 2.45) is 0 Å². The van der Waals surface area contributed by atoms with Crippen LogP contribution in [0.25, 0.3) is 0 Å². The number of nitro benzene ring substituents is 2. The summed E-state index contributed by atoms with van der Waals surface area (Å²) in [5.74, 6) is -1.33. The molecule has 3 aromatic carbocycles. The number of hydrogen-bond donors (Lipinski definition) is 2. The van der Waals surface area contributed by atoms with Crippen molar-refractivity contribution in [2.45, 2.75) is 0 Å². The van der Waals surface area contributed by atoms with Crippen molar-refractivity contribution in [3.05, 3.63) is 92.0 Å². The van der Waals surface area contributed by atoms with E-state index in [1.807, 2.05) is 0 Å². The molecule has 1 heterocycles. The smallest absolute Gasteiger partial charge is 0.306 e. The average molecular weight is 474 g/mol. The van der Waals surface area contributed by atoms with Crippen LogP contribution in [0.3, 0.4) is 0 Å². The zero-order valence-corrected chi connectivity index (χ0v) is 17.2. The zero-order valence-electron chi connectivity index (χ0n) is 17.2. The molecule has 0 aliphatic carbocycles. The quantitative estimate of drug-likeness (QED) is 0.325. The van der Waals surface area contributed by atoms with Crippen LogP contribution in [0.4, 0.5) is 31.5 Å². The Morgan fingerprint density at radius 1 is 0.853 bits per heavy atom. The van der Waals surface area contributed by atoms with Crippen molar-refractivity contribution in [2.75, 3.05) is 24.3 Å². The number of nitrogens with zero attached hydrogens (tertiary/aromatic N) is 2. The third kappa shape index (κ3) is 5.70. The van der Waals surface area contributed by atoms with Crippen LogP contribution in [0.5, 0.6) is 11.5 Å². The molecule has 0 saturated carbocycles. The van der Waals surface area contributed by atoms with Crippen LogP contribution in [-0.2, 0) is 0 Å². The average Bonchev–Trinajstić information content (AvgIpc) is 2.81. The van der Waals surface area contributed by atoms with Gasteiger partial charge in [0, 0.05) is 29.1 Å². The summed E-state index contributed by atoms with van der Waals surface area (Å²) in [6, 6.07) is 11.0. The van der Waals surface area contributed by atoms with Gasteiger partial charge in [-0.2, -0.15) is 8.78 Å². The first kappa shape index (κ1) is 23.8. The fourth-order valence-electron chi connectivity index (χ4n) is 2.79. The number of carbonyl (C=O) groups excluding carboxylic acids is 1. The molecule has 3 N–H and O–H groups in total. The fourth-order valence-corrected chi connectivity index (χ4v) is 2.79. The summed E-state index contributed by atoms with van der Waals surface area (Å²) in [6.07, 6.45) is 0. The predicted molar refractivity (Wildman–Crippen MR) is 116 cm³/mol. The van der Waals surface area contributed by atoms with Crippen molar-refractivity contribution in [3.8, 4) is 11.5 Å². The van der Waals surface area contributed by atoms with Gasteiger partial charge < -0.3 is 20.5 Å². The van der Waals surface area contributed by atoms with E-state index in [2.05, 4.69) is 5.32 Å². The number of benzene rings is 3. The fraction of sp³-hybridized carbons (Fsp3) is 0.0952. The molecule has 0 bridgehead atoms. The van der Waals surface area contributed by atoms with Gasteiger partial charge in [0.25, 0.3) is 5.91 Å². The van der Waals surface area contributed by atoms with E-state index in [0.29, 0.717) is 30.3 Å². The molecule has 13 heteroatoms. The molecule has 1 amide bonds. The summed E-state index contributed by atoms with van der Waals surface area (Å²) in [4.78, 5) is 31.3. The Kier molecular flexibility index (Phi) is 7.16. The van der Waals surface area contributed by atoms with E-state index < -0.39 is 38.8 Å². The summed E-state index contributed by atoms with van der Waals surface area (Å²) >= 11 is 0. The first-order chi connectivity index (χ1) is 16.2. The standard InChI is InChI=1S/C15H11FN2O5.C6H5FN2O2/c16-11-3-2-10(8-12(11)18(20)21)17-15(19)9-1-4-13-14(7-9)23-6-5-22-13;7-5-2-1-4(8)3-6(5)9(10)11/h1-4,7-8H,5-6H2,(H,17,19);1-3H,8H2. The Bertz CT molecular complexity index is 1270. The highest BCUT2D eigenvalue weighted by atomic mass is 19.1. The van der Waals surface area contributed by atoms with Crippen molar-refractivity contribution < 1.29 is 32.9 Å². The van der Waals surface area contributed by atoms with Gasteiger partial charge in [-0.25, -0.2) is 0 Å². The first-order valence-corrected chi connectivity index (χ1v) is 9.50. The predicted octanol–water partition coefficient (Wildman–Crippen LogP) is 4.07. The normalized spacial score (nSPS) is 11.6. The third-order valence-corrected chi connectivity index (χ3v) is 4.37. The molecular weight excluding hydrogens is 458 g/mol. The van der Waals surface area contributed by atoms with Gasteiger partial charge in [0.2, 0.25) is 11.6 Å². The van der Waals surface area contributed by atoms with Crippen LogP contribution in [0.1, 0.15) is 10.4 Å². The molecule has 34 heavy (non-hydrogen) atoms. The van der Waals surface area contributed by atoms with Crippen molar-refractivity contribution in [1.29, 1.82) is 0 Å². The topological polar surface area (TPSA) is 160 Å². The van der Waals surface area contributed by atoms with Crippen molar-refractivity contribution in [3.63, 3.8) is 0 Å². The van der Waals surface area contributed by atoms with E-state index in [-0.39, 0.29) is 11.4 Å². The van der Waals surface area contributed by atoms with Crippen LogP contribution in [0.15, 0.2) is 54.6 Å². The zero-order chi connectivity index (χ0) is 24.8. The highest BCUT2D eigenvalue weighted by molar-refractivity contribution is 6.04. The Hall–Kier alpha value is -4.81. The van der Waals surface area contributed by atoms with E-state index in [9.17, 15) is 33.8 Å². The Labute approximate surface area is 190 Å². The van der Waals surface area contributed by atoms with Crippen LogP contribution in [0.2, 0.25) is 0 Å². The number of nitrogen functional groups attached to an aromatic ring is 1. The molecule has 0 radical (unpaired) electrons. The minimum atomic E-state index is -0.965. The number of fused-ring (bicyclic) bond motifs is 1. The van der Waals surface area contributed by atoms with Crippen LogP contribution in [0, 0.1) is 31.9 Å². The SMILES string of the molecule is Nc1ccc(F)c([N+](=O)[O-])c1.O=C(Nc1ccc(F)c([N+](=O)[O-])c1)c1ccc2c(c1)OCCO2. The van der Waals surface area contributed by atoms with E-state index in [1.165, 1.54) is 18.2 Å². The molecule has 0 fully saturated rings. The number of nitro groups is 2. The Morgan fingerprint density at radius 2 is 1.44 bits per heavy atom. The lowest BCUT2D eigenvalue weighted by Crippen LogP contribution is -2.17. The van der Waals surface area contributed by atoms with Gasteiger partial charge in [0.05, 0.1) is 9.85 Å². The second-order valence-electron chi connectivity index (χ2n) is 6.70. The molecule has 0 atom stereocenters.